The summed E-state index contributed by atoms with van der Waals surface area (Å²) in [6.07, 6.45) is 6.29. The Morgan fingerprint density at radius 2 is 2.04 bits per heavy atom. The van der Waals surface area contributed by atoms with E-state index in [2.05, 4.69) is 26.3 Å². The first-order chi connectivity index (χ1) is 11.2. The molecule has 2 rings (SSSR count). The third-order valence-electron chi connectivity index (χ3n) is 3.56. The molecule has 0 aliphatic carbocycles. The molecule has 1 aromatic heterocycles. The number of anilines is 1. The van der Waals surface area contributed by atoms with E-state index in [1.54, 1.807) is 10.9 Å². The molecule has 0 saturated heterocycles. The molecular weight excluding hydrogens is 356 g/mol. The molecule has 23 heavy (non-hydrogen) atoms. The van der Waals surface area contributed by atoms with Crippen LogP contribution < -0.4 is 11.1 Å². The number of nitrogens with one attached hydrogen (secondary N) is 1. The Morgan fingerprint density at radius 1 is 1.22 bits per heavy atom. The lowest BCUT2D eigenvalue weighted by Gasteiger charge is -2.09. The van der Waals surface area contributed by atoms with Crippen LogP contribution in [0.25, 0.3) is 0 Å². The SMILES string of the molecule is NCCCCCCC(=O)Nc1ccnn1Cc1cccc(Br)c1. The zero-order chi connectivity index (χ0) is 16.5. The van der Waals surface area contributed by atoms with E-state index in [1.165, 1.54) is 0 Å². The minimum atomic E-state index is 0.0359. The van der Waals surface area contributed by atoms with Crippen LogP contribution in [-0.2, 0) is 11.3 Å². The Kier molecular flexibility index (Phi) is 7.29. The fourth-order valence-electron chi connectivity index (χ4n) is 2.36. The number of aromatic nitrogens is 2. The Balaban J connectivity index is 1.84. The highest BCUT2D eigenvalue weighted by Crippen LogP contribution is 2.15. The summed E-state index contributed by atoms with van der Waals surface area (Å²) < 4.78 is 2.83. The smallest absolute Gasteiger partial charge is 0.225 e. The van der Waals surface area contributed by atoms with Crippen molar-refractivity contribution >= 4 is 27.7 Å². The lowest BCUT2D eigenvalue weighted by molar-refractivity contribution is -0.116. The Hall–Kier alpha value is -1.66. The van der Waals surface area contributed by atoms with Crippen molar-refractivity contribution in [2.24, 2.45) is 5.73 Å². The van der Waals surface area contributed by atoms with Crippen molar-refractivity contribution in [3.63, 3.8) is 0 Å². The molecule has 1 aromatic carbocycles. The summed E-state index contributed by atoms with van der Waals surface area (Å²) in [5, 5.41) is 7.23. The van der Waals surface area contributed by atoms with Gasteiger partial charge in [-0.25, -0.2) is 4.68 Å². The first kappa shape index (κ1) is 17.7. The minimum absolute atomic E-state index is 0.0359. The van der Waals surface area contributed by atoms with Crippen LogP contribution in [0, 0.1) is 0 Å². The van der Waals surface area contributed by atoms with E-state index in [0.29, 0.717) is 13.0 Å². The Bertz CT molecular complexity index is 627. The minimum Gasteiger partial charge on any atom is -0.330 e. The second-order valence-corrected chi connectivity index (χ2v) is 6.42. The van der Waals surface area contributed by atoms with E-state index >= 15 is 0 Å². The van der Waals surface area contributed by atoms with Crippen LogP contribution in [0.2, 0.25) is 0 Å². The van der Waals surface area contributed by atoms with Gasteiger partial charge in [0.15, 0.2) is 0 Å². The van der Waals surface area contributed by atoms with E-state index in [0.717, 1.165) is 48.1 Å². The van der Waals surface area contributed by atoms with Crippen LogP contribution in [0.15, 0.2) is 41.0 Å². The van der Waals surface area contributed by atoms with Gasteiger partial charge in [0.05, 0.1) is 12.7 Å². The van der Waals surface area contributed by atoms with Crippen LogP contribution in [0.3, 0.4) is 0 Å². The number of carbonyl (C=O) groups is 1. The number of amides is 1. The number of benzene rings is 1. The molecule has 5 nitrogen and oxygen atoms in total. The van der Waals surface area contributed by atoms with Gasteiger partial charge in [0.2, 0.25) is 5.91 Å². The Morgan fingerprint density at radius 3 is 2.83 bits per heavy atom. The van der Waals surface area contributed by atoms with Crippen molar-refractivity contribution in [2.45, 2.75) is 38.6 Å². The molecular formula is C17H23BrN4O. The number of hydrogen-bond donors (Lipinski definition) is 2. The molecule has 0 spiro atoms. The fourth-order valence-corrected chi connectivity index (χ4v) is 2.81. The summed E-state index contributed by atoms with van der Waals surface area (Å²) in [6, 6.07) is 9.88. The maximum Gasteiger partial charge on any atom is 0.225 e. The van der Waals surface area contributed by atoms with Crippen LogP contribution in [-0.4, -0.2) is 22.2 Å². The standard InChI is InChI=1S/C17H23BrN4O/c18-15-7-5-6-14(12-15)13-22-16(9-11-20-22)21-17(23)8-3-1-2-4-10-19/h5-7,9,11-12H,1-4,8,10,13,19H2,(H,21,23). The zero-order valence-corrected chi connectivity index (χ0v) is 14.8. The van der Waals surface area contributed by atoms with Crippen molar-refractivity contribution in [3.05, 3.63) is 46.6 Å². The summed E-state index contributed by atoms with van der Waals surface area (Å²) in [6.45, 7) is 1.35. The molecule has 2 aromatic rings. The summed E-state index contributed by atoms with van der Waals surface area (Å²) in [4.78, 5) is 12.0. The van der Waals surface area contributed by atoms with Crippen LogP contribution in [0.1, 0.15) is 37.7 Å². The number of nitrogens with two attached hydrogens (primary N) is 1. The molecule has 0 atom stereocenters. The van der Waals surface area contributed by atoms with Gasteiger partial charge < -0.3 is 11.1 Å². The molecule has 0 aliphatic heterocycles. The van der Waals surface area contributed by atoms with Crippen molar-refractivity contribution in [2.75, 3.05) is 11.9 Å². The van der Waals surface area contributed by atoms with Crippen LogP contribution >= 0.6 is 15.9 Å². The third-order valence-corrected chi connectivity index (χ3v) is 4.06. The first-order valence-corrected chi connectivity index (χ1v) is 8.74. The molecule has 124 valence electrons. The average molecular weight is 379 g/mol. The molecule has 0 saturated carbocycles. The number of nitrogens with zero attached hydrogens (tertiary/aromatic N) is 2. The quantitative estimate of drug-likeness (QED) is 0.655. The molecule has 1 amide bonds. The highest BCUT2D eigenvalue weighted by Gasteiger charge is 2.08. The molecule has 0 aliphatic rings. The van der Waals surface area contributed by atoms with E-state index in [1.807, 2.05) is 30.3 Å². The van der Waals surface area contributed by atoms with Gasteiger partial charge in [-0.05, 0) is 37.1 Å². The van der Waals surface area contributed by atoms with E-state index in [4.69, 9.17) is 5.73 Å². The van der Waals surface area contributed by atoms with Crippen molar-refractivity contribution in [3.8, 4) is 0 Å². The van der Waals surface area contributed by atoms with E-state index < -0.39 is 0 Å². The Labute approximate surface area is 145 Å². The number of rotatable bonds is 9. The van der Waals surface area contributed by atoms with Gasteiger partial charge in [-0.1, -0.05) is 40.9 Å². The highest BCUT2D eigenvalue weighted by atomic mass is 79.9. The summed E-state index contributed by atoms with van der Waals surface area (Å²) in [5.74, 6) is 0.769. The monoisotopic (exact) mass is 378 g/mol. The van der Waals surface area contributed by atoms with Crippen LogP contribution in [0.5, 0.6) is 0 Å². The van der Waals surface area contributed by atoms with Gasteiger partial charge >= 0.3 is 0 Å². The van der Waals surface area contributed by atoms with Gasteiger partial charge in [-0.3, -0.25) is 4.79 Å². The number of halogens is 1. The van der Waals surface area contributed by atoms with Gasteiger partial charge in [0, 0.05) is 17.0 Å². The molecule has 0 unspecified atom stereocenters. The zero-order valence-electron chi connectivity index (χ0n) is 13.2. The van der Waals surface area contributed by atoms with Crippen molar-refractivity contribution in [1.29, 1.82) is 0 Å². The maximum atomic E-state index is 12.0. The van der Waals surface area contributed by atoms with Gasteiger partial charge in [-0.15, -0.1) is 0 Å². The fraction of sp³-hybridized carbons (Fsp3) is 0.412. The van der Waals surface area contributed by atoms with Gasteiger partial charge in [-0.2, -0.15) is 5.10 Å². The van der Waals surface area contributed by atoms with E-state index in [-0.39, 0.29) is 5.91 Å². The lowest BCUT2D eigenvalue weighted by Crippen LogP contribution is -2.15. The van der Waals surface area contributed by atoms with Gasteiger partial charge in [0.25, 0.3) is 0 Å². The molecule has 3 N–H and O–H groups in total. The van der Waals surface area contributed by atoms with Gasteiger partial charge in [0.1, 0.15) is 5.82 Å². The average Bonchev–Trinajstić information content (AvgIpc) is 2.94. The molecule has 0 radical (unpaired) electrons. The number of hydrogen-bond acceptors (Lipinski definition) is 3. The summed E-state index contributed by atoms with van der Waals surface area (Å²) in [5.41, 5.74) is 6.58. The topological polar surface area (TPSA) is 72.9 Å². The van der Waals surface area contributed by atoms with Crippen molar-refractivity contribution < 1.29 is 4.79 Å². The first-order valence-electron chi connectivity index (χ1n) is 7.95. The summed E-state index contributed by atoms with van der Waals surface area (Å²) >= 11 is 3.46. The normalized spacial score (nSPS) is 10.7. The predicted octanol–water partition coefficient (Wildman–Crippen LogP) is 3.54. The molecule has 6 heteroatoms. The van der Waals surface area contributed by atoms with Crippen LogP contribution in [0.4, 0.5) is 5.82 Å². The maximum absolute atomic E-state index is 12.0. The van der Waals surface area contributed by atoms with Crippen molar-refractivity contribution in [1.82, 2.24) is 9.78 Å². The largest absolute Gasteiger partial charge is 0.330 e. The van der Waals surface area contributed by atoms with E-state index in [9.17, 15) is 4.79 Å². The molecule has 0 bridgehead atoms. The molecule has 1 heterocycles. The molecule has 0 fully saturated rings. The number of carbonyl (C=O) groups excluding carboxylic acids is 1. The second kappa shape index (κ2) is 9.47. The summed E-state index contributed by atoms with van der Waals surface area (Å²) in [7, 11) is 0. The second-order valence-electron chi connectivity index (χ2n) is 5.51. The highest BCUT2D eigenvalue weighted by molar-refractivity contribution is 9.10. The predicted molar refractivity (Wildman–Crippen MR) is 96.2 cm³/mol. The lowest BCUT2D eigenvalue weighted by atomic mass is 10.1. The third kappa shape index (κ3) is 6.15. The number of unbranched alkanes of at least 4 members (excludes halogenated alkanes) is 3.